The first-order valence-electron chi connectivity index (χ1n) is 6.96. The normalized spacial score (nSPS) is 10.9. The number of ketones is 1. The number of Topliss-reactive ketones (excluding diaryl/α,β-unsaturated/α-hetero) is 1. The number of carbonyl (C=O) groups excluding carboxylic acids is 1. The lowest BCUT2D eigenvalue weighted by Gasteiger charge is -2.09. The van der Waals surface area contributed by atoms with Gasteiger partial charge in [-0.2, -0.15) is 0 Å². The molecule has 3 rings (SSSR count). The number of rotatable bonds is 2. The number of phenolic OH excluding ortho intramolecular Hbond substituents is 1. The molecule has 2 aromatic carbocycles. The number of phenols is 1. The lowest BCUT2D eigenvalue weighted by molar-refractivity contribution is 0.101. The van der Waals surface area contributed by atoms with Crippen molar-refractivity contribution in [2.24, 2.45) is 0 Å². The predicted octanol–water partition coefficient (Wildman–Crippen LogP) is 4.33. The molecule has 0 aliphatic carbocycles. The van der Waals surface area contributed by atoms with E-state index in [0.717, 1.165) is 0 Å². The van der Waals surface area contributed by atoms with E-state index in [0.29, 0.717) is 27.6 Å². The van der Waals surface area contributed by atoms with E-state index in [2.05, 4.69) is 0 Å². The van der Waals surface area contributed by atoms with E-state index in [1.807, 2.05) is 0 Å². The van der Waals surface area contributed by atoms with Gasteiger partial charge in [0.05, 0.1) is 10.6 Å². The summed E-state index contributed by atoms with van der Waals surface area (Å²) in [4.78, 5) is 23.7. The Bertz CT molecular complexity index is 985. The van der Waals surface area contributed by atoms with Crippen LogP contribution in [0.3, 0.4) is 0 Å². The van der Waals surface area contributed by atoms with Crippen LogP contribution >= 0.6 is 11.6 Å². The van der Waals surface area contributed by atoms with Crippen LogP contribution in [0.25, 0.3) is 22.1 Å². The second-order valence-corrected chi connectivity index (χ2v) is 5.73. The third kappa shape index (κ3) is 2.62. The molecule has 3 aromatic rings. The van der Waals surface area contributed by atoms with E-state index in [1.54, 1.807) is 37.3 Å². The first-order valence-corrected chi connectivity index (χ1v) is 7.33. The van der Waals surface area contributed by atoms with Gasteiger partial charge < -0.3 is 9.52 Å². The lowest BCUT2D eigenvalue weighted by atomic mass is 9.98. The summed E-state index contributed by atoms with van der Waals surface area (Å²) in [6.45, 7) is 3.28. The summed E-state index contributed by atoms with van der Waals surface area (Å²) in [6, 6.07) is 9.66. The van der Waals surface area contributed by atoms with Crippen LogP contribution in [0, 0.1) is 6.92 Å². The Balaban J connectivity index is 2.27. The van der Waals surface area contributed by atoms with Crippen LogP contribution in [-0.4, -0.2) is 10.9 Å². The summed E-state index contributed by atoms with van der Waals surface area (Å²) in [5.74, 6) is -0.179. The van der Waals surface area contributed by atoms with Crippen molar-refractivity contribution in [1.82, 2.24) is 0 Å². The highest BCUT2D eigenvalue weighted by Crippen LogP contribution is 2.33. The summed E-state index contributed by atoms with van der Waals surface area (Å²) in [5, 5.41) is 10.5. The molecule has 0 fully saturated rings. The fourth-order valence-electron chi connectivity index (χ4n) is 2.56. The average Bonchev–Trinajstić information content (AvgIpc) is 2.50. The molecule has 0 atom stereocenters. The molecule has 1 heterocycles. The Kier molecular flexibility index (Phi) is 3.70. The zero-order valence-corrected chi connectivity index (χ0v) is 13.3. The van der Waals surface area contributed by atoms with Crippen LogP contribution in [0.15, 0.2) is 45.6 Å². The van der Waals surface area contributed by atoms with Crippen LogP contribution in [0.4, 0.5) is 0 Å². The van der Waals surface area contributed by atoms with Crippen molar-refractivity contribution >= 4 is 28.4 Å². The Morgan fingerprint density at radius 1 is 1.17 bits per heavy atom. The van der Waals surface area contributed by atoms with Crippen molar-refractivity contribution in [3.05, 3.63) is 63.0 Å². The quantitative estimate of drug-likeness (QED) is 0.561. The predicted molar refractivity (Wildman–Crippen MR) is 89.3 cm³/mol. The molecule has 0 bridgehead atoms. The van der Waals surface area contributed by atoms with Crippen molar-refractivity contribution in [3.63, 3.8) is 0 Å². The number of halogens is 1. The van der Waals surface area contributed by atoms with Gasteiger partial charge in [0.1, 0.15) is 11.3 Å². The number of carbonyl (C=O) groups is 1. The molecule has 4 nitrogen and oxygen atoms in total. The fourth-order valence-corrected chi connectivity index (χ4v) is 2.73. The molecule has 116 valence electrons. The molecule has 0 radical (unpaired) electrons. The molecule has 23 heavy (non-hydrogen) atoms. The van der Waals surface area contributed by atoms with Crippen molar-refractivity contribution in [2.75, 3.05) is 0 Å². The zero-order chi connectivity index (χ0) is 16.7. The van der Waals surface area contributed by atoms with Gasteiger partial charge in [0.15, 0.2) is 5.78 Å². The fraction of sp³-hybridized carbons (Fsp3) is 0.111. The maximum atomic E-state index is 12.3. The molecular weight excluding hydrogens is 316 g/mol. The zero-order valence-electron chi connectivity index (χ0n) is 12.5. The lowest BCUT2D eigenvalue weighted by Crippen LogP contribution is -2.06. The molecule has 1 aromatic heterocycles. The summed E-state index contributed by atoms with van der Waals surface area (Å²) >= 11 is 5.95. The number of hydrogen-bond donors (Lipinski definition) is 1. The molecular formula is C18H13ClO4. The van der Waals surface area contributed by atoms with Gasteiger partial charge in [-0.1, -0.05) is 35.9 Å². The second-order valence-electron chi connectivity index (χ2n) is 5.32. The highest BCUT2D eigenvalue weighted by molar-refractivity contribution is 6.32. The number of fused-ring (bicyclic) bond motifs is 1. The first kappa shape index (κ1) is 15.3. The van der Waals surface area contributed by atoms with Gasteiger partial charge in [-0.05, 0) is 31.0 Å². The average molecular weight is 329 g/mol. The van der Waals surface area contributed by atoms with Crippen molar-refractivity contribution in [1.29, 1.82) is 0 Å². The van der Waals surface area contributed by atoms with Gasteiger partial charge in [0.2, 0.25) is 0 Å². The van der Waals surface area contributed by atoms with E-state index >= 15 is 0 Å². The minimum atomic E-state index is -0.507. The SMILES string of the molecule is CC(=O)c1ccc(-c2c(C)c3cc(Cl)c(O)cc3oc2=O)cc1. The summed E-state index contributed by atoms with van der Waals surface area (Å²) in [7, 11) is 0. The molecule has 0 saturated heterocycles. The van der Waals surface area contributed by atoms with Crippen LogP contribution in [-0.2, 0) is 0 Å². The third-order valence-corrected chi connectivity index (χ3v) is 4.12. The molecule has 1 N–H and O–H groups in total. The van der Waals surface area contributed by atoms with Gasteiger partial charge in [-0.3, -0.25) is 4.79 Å². The summed E-state index contributed by atoms with van der Waals surface area (Å²) < 4.78 is 5.30. The number of benzene rings is 2. The van der Waals surface area contributed by atoms with Crippen LogP contribution in [0.5, 0.6) is 5.75 Å². The van der Waals surface area contributed by atoms with Crippen molar-refractivity contribution in [3.8, 4) is 16.9 Å². The highest BCUT2D eigenvalue weighted by atomic mass is 35.5. The Labute approximate surface area is 136 Å². The number of aryl methyl sites for hydroxylation is 1. The maximum Gasteiger partial charge on any atom is 0.344 e. The Hall–Kier alpha value is -2.59. The van der Waals surface area contributed by atoms with Crippen molar-refractivity contribution < 1.29 is 14.3 Å². The van der Waals surface area contributed by atoms with Gasteiger partial charge >= 0.3 is 5.63 Å². The maximum absolute atomic E-state index is 12.3. The van der Waals surface area contributed by atoms with E-state index in [4.69, 9.17) is 16.0 Å². The largest absolute Gasteiger partial charge is 0.506 e. The summed E-state index contributed by atoms with van der Waals surface area (Å²) in [5.41, 5.74) is 2.12. The van der Waals surface area contributed by atoms with Gasteiger partial charge in [-0.15, -0.1) is 0 Å². The van der Waals surface area contributed by atoms with Crippen LogP contribution < -0.4 is 5.63 Å². The van der Waals surface area contributed by atoms with E-state index in [9.17, 15) is 14.7 Å². The molecule has 0 amide bonds. The third-order valence-electron chi connectivity index (χ3n) is 3.81. The van der Waals surface area contributed by atoms with Crippen LogP contribution in [0.1, 0.15) is 22.8 Å². The van der Waals surface area contributed by atoms with E-state index in [-0.39, 0.29) is 22.1 Å². The van der Waals surface area contributed by atoms with Crippen molar-refractivity contribution in [2.45, 2.75) is 13.8 Å². The topological polar surface area (TPSA) is 67.5 Å². The van der Waals surface area contributed by atoms with E-state index < -0.39 is 5.63 Å². The smallest absolute Gasteiger partial charge is 0.344 e. The van der Waals surface area contributed by atoms with Gasteiger partial charge in [0.25, 0.3) is 0 Å². The molecule has 0 saturated carbocycles. The minimum Gasteiger partial charge on any atom is -0.506 e. The first-order chi connectivity index (χ1) is 10.9. The molecule has 0 aliphatic heterocycles. The van der Waals surface area contributed by atoms with E-state index in [1.165, 1.54) is 13.0 Å². The molecule has 0 aliphatic rings. The number of hydrogen-bond acceptors (Lipinski definition) is 4. The minimum absolute atomic E-state index is 0.0407. The monoisotopic (exact) mass is 328 g/mol. The molecule has 0 spiro atoms. The van der Waals surface area contributed by atoms with Gasteiger partial charge in [0, 0.05) is 17.0 Å². The van der Waals surface area contributed by atoms with Crippen LogP contribution in [0.2, 0.25) is 5.02 Å². The standard InChI is InChI=1S/C18H13ClO4/c1-9-13-7-14(19)15(21)8-16(13)23-18(22)17(9)12-5-3-11(4-6-12)10(2)20/h3-8,21H,1-2H3. The second kappa shape index (κ2) is 5.56. The number of aromatic hydroxyl groups is 1. The molecule has 5 heteroatoms. The Morgan fingerprint density at radius 2 is 1.83 bits per heavy atom. The Morgan fingerprint density at radius 3 is 2.43 bits per heavy atom. The van der Waals surface area contributed by atoms with Gasteiger partial charge in [-0.25, -0.2) is 4.79 Å². The summed E-state index contributed by atoms with van der Waals surface area (Å²) in [6.07, 6.45) is 0. The highest BCUT2D eigenvalue weighted by Gasteiger charge is 2.15. The molecule has 0 unspecified atom stereocenters.